The van der Waals surface area contributed by atoms with E-state index in [1.165, 1.54) is 0 Å². The van der Waals surface area contributed by atoms with E-state index >= 15 is 0 Å². The maximum Gasteiger partial charge on any atom is 0.306 e. The summed E-state index contributed by atoms with van der Waals surface area (Å²) >= 11 is 3.29. The molecule has 0 aliphatic rings. The molecule has 0 saturated heterocycles. The number of alkyl halides is 1. The highest BCUT2D eigenvalue weighted by Crippen LogP contribution is 2.08. The minimum Gasteiger partial charge on any atom is -0.481 e. The van der Waals surface area contributed by atoms with Gasteiger partial charge in [-0.25, -0.2) is 0 Å². The molecule has 0 aromatic carbocycles. The predicted octanol–water partition coefficient (Wildman–Crippen LogP) is 2.27. The molecule has 0 aromatic heterocycles. The van der Waals surface area contributed by atoms with Gasteiger partial charge in [0.2, 0.25) is 0 Å². The molecule has 10 heavy (non-hydrogen) atoms. The smallest absolute Gasteiger partial charge is 0.306 e. The van der Waals surface area contributed by atoms with Crippen LogP contribution in [0.25, 0.3) is 0 Å². The number of hydrogen-bond acceptors (Lipinski definition) is 1. The van der Waals surface area contributed by atoms with Crippen LogP contribution in [-0.2, 0) is 4.79 Å². The quantitative estimate of drug-likeness (QED) is 0.557. The molecule has 0 aromatic rings. The molecular weight excluding hydrogens is 196 g/mol. The van der Waals surface area contributed by atoms with Crippen LogP contribution in [0.3, 0.4) is 0 Å². The fourth-order valence-corrected chi connectivity index (χ4v) is 1.06. The van der Waals surface area contributed by atoms with Crippen LogP contribution < -0.4 is 0 Å². The van der Waals surface area contributed by atoms with Crippen molar-refractivity contribution in [2.45, 2.75) is 26.2 Å². The fraction of sp³-hybridized carbons (Fsp3) is 0.857. The Morgan fingerprint density at radius 2 is 2.20 bits per heavy atom. The van der Waals surface area contributed by atoms with Gasteiger partial charge in [0.05, 0.1) is 5.92 Å². The second kappa shape index (κ2) is 5.71. The lowest BCUT2D eigenvalue weighted by Gasteiger charge is -2.02. The van der Waals surface area contributed by atoms with E-state index in [-0.39, 0.29) is 5.92 Å². The van der Waals surface area contributed by atoms with Gasteiger partial charge in [-0.1, -0.05) is 29.3 Å². The largest absolute Gasteiger partial charge is 0.481 e. The van der Waals surface area contributed by atoms with Crippen LogP contribution in [0, 0.1) is 5.92 Å². The number of aliphatic carboxylic acids is 1. The van der Waals surface area contributed by atoms with Crippen molar-refractivity contribution in [3.8, 4) is 0 Å². The summed E-state index contributed by atoms with van der Waals surface area (Å²) in [7, 11) is 0. The number of rotatable bonds is 5. The molecule has 0 heterocycles. The molecule has 2 nitrogen and oxygen atoms in total. The fourth-order valence-electron chi connectivity index (χ4n) is 0.668. The molecule has 0 aliphatic carbocycles. The number of carbonyl (C=O) groups is 1. The van der Waals surface area contributed by atoms with Gasteiger partial charge in [-0.2, -0.15) is 0 Å². The van der Waals surface area contributed by atoms with Crippen LogP contribution in [0.15, 0.2) is 0 Å². The van der Waals surface area contributed by atoms with Crippen molar-refractivity contribution < 1.29 is 9.90 Å². The molecule has 0 unspecified atom stereocenters. The predicted molar refractivity (Wildman–Crippen MR) is 44.4 cm³/mol. The number of unbranched alkanes of at least 4 members (excludes halogenated alkanes) is 1. The first-order valence-electron chi connectivity index (χ1n) is 3.47. The summed E-state index contributed by atoms with van der Waals surface area (Å²) in [5.74, 6) is -0.867. The van der Waals surface area contributed by atoms with Crippen molar-refractivity contribution >= 4 is 21.9 Å². The summed E-state index contributed by atoms with van der Waals surface area (Å²) in [6, 6.07) is 0. The van der Waals surface area contributed by atoms with Gasteiger partial charge in [-0.15, -0.1) is 0 Å². The summed E-state index contributed by atoms with van der Waals surface area (Å²) in [4.78, 5) is 10.3. The number of carboxylic acid groups (broad SMARTS) is 1. The Hall–Kier alpha value is -0.0500. The van der Waals surface area contributed by atoms with Crippen molar-refractivity contribution in [3.63, 3.8) is 0 Å². The van der Waals surface area contributed by atoms with Gasteiger partial charge in [0.25, 0.3) is 0 Å². The summed E-state index contributed by atoms with van der Waals surface area (Å²) in [6.07, 6.45) is 2.86. The Balaban J connectivity index is 3.21. The molecule has 0 amide bonds. The van der Waals surface area contributed by atoms with Crippen LogP contribution in [0.5, 0.6) is 0 Å². The van der Waals surface area contributed by atoms with E-state index in [4.69, 9.17) is 5.11 Å². The van der Waals surface area contributed by atoms with Crippen LogP contribution in [0.2, 0.25) is 0 Å². The Morgan fingerprint density at radius 1 is 1.60 bits per heavy atom. The van der Waals surface area contributed by atoms with Crippen molar-refractivity contribution in [3.05, 3.63) is 0 Å². The Kier molecular flexibility index (Phi) is 5.69. The topological polar surface area (TPSA) is 37.3 Å². The summed E-state index contributed by atoms with van der Waals surface area (Å²) in [5, 5.41) is 9.44. The third kappa shape index (κ3) is 4.79. The first-order chi connectivity index (χ1) is 4.68. The van der Waals surface area contributed by atoms with Gasteiger partial charge in [0, 0.05) is 5.33 Å². The number of halogens is 1. The first-order valence-corrected chi connectivity index (χ1v) is 4.59. The van der Waals surface area contributed by atoms with Crippen molar-refractivity contribution in [1.82, 2.24) is 0 Å². The van der Waals surface area contributed by atoms with Gasteiger partial charge < -0.3 is 5.11 Å². The Labute approximate surface area is 69.8 Å². The molecule has 0 saturated carbocycles. The molecule has 0 fully saturated rings. The van der Waals surface area contributed by atoms with E-state index in [0.29, 0.717) is 0 Å². The van der Waals surface area contributed by atoms with E-state index in [9.17, 15) is 4.79 Å². The molecule has 3 heteroatoms. The van der Waals surface area contributed by atoms with Crippen molar-refractivity contribution in [2.24, 2.45) is 5.92 Å². The molecule has 60 valence electrons. The maximum atomic E-state index is 10.3. The second-order valence-corrected chi connectivity index (χ2v) is 3.22. The number of carboxylic acids is 1. The number of hydrogen-bond donors (Lipinski definition) is 1. The van der Waals surface area contributed by atoms with Crippen LogP contribution in [0.4, 0.5) is 0 Å². The molecule has 0 rings (SSSR count). The summed E-state index contributed by atoms with van der Waals surface area (Å²) in [5.41, 5.74) is 0. The third-order valence-corrected chi connectivity index (χ3v) is 2.00. The van der Waals surface area contributed by atoms with E-state index in [0.717, 1.165) is 24.6 Å². The molecule has 0 bridgehead atoms. The van der Waals surface area contributed by atoms with Gasteiger partial charge in [0.1, 0.15) is 0 Å². The Bertz CT molecular complexity index is 104. The lowest BCUT2D eigenvalue weighted by molar-refractivity contribution is -0.141. The zero-order chi connectivity index (χ0) is 7.98. The maximum absolute atomic E-state index is 10.3. The molecule has 0 radical (unpaired) electrons. The lowest BCUT2D eigenvalue weighted by atomic mass is 10.1. The molecule has 0 aliphatic heterocycles. The molecular formula is C7H13BrO2. The standard InChI is InChI=1S/C7H13BrO2/c1-6(7(9)10)4-2-3-5-8/h6H,2-5H2,1H3,(H,9,10)/t6-/m0/s1. The van der Waals surface area contributed by atoms with Gasteiger partial charge in [0.15, 0.2) is 0 Å². The highest BCUT2D eigenvalue weighted by molar-refractivity contribution is 9.09. The highest BCUT2D eigenvalue weighted by atomic mass is 79.9. The van der Waals surface area contributed by atoms with E-state index in [2.05, 4.69) is 15.9 Å². The van der Waals surface area contributed by atoms with E-state index < -0.39 is 5.97 Å². The van der Waals surface area contributed by atoms with Gasteiger partial charge in [-0.3, -0.25) is 4.79 Å². The SMILES string of the molecule is C[C@@H](CCCCBr)C(=O)O. The van der Waals surface area contributed by atoms with Gasteiger partial charge >= 0.3 is 5.97 Å². The van der Waals surface area contributed by atoms with Crippen molar-refractivity contribution in [2.75, 3.05) is 5.33 Å². The second-order valence-electron chi connectivity index (χ2n) is 2.42. The molecule has 1 N–H and O–H groups in total. The molecule has 0 spiro atoms. The average Bonchev–Trinajstić information content (AvgIpc) is 1.88. The molecule has 1 atom stereocenters. The van der Waals surface area contributed by atoms with Crippen molar-refractivity contribution in [1.29, 1.82) is 0 Å². The minimum atomic E-state index is -0.686. The van der Waals surface area contributed by atoms with Crippen LogP contribution in [-0.4, -0.2) is 16.4 Å². The monoisotopic (exact) mass is 208 g/mol. The zero-order valence-corrected chi connectivity index (χ0v) is 7.73. The normalized spacial score (nSPS) is 13.0. The first kappa shape index (κ1) is 9.95. The van der Waals surface area contributed by atoms with E-state index in [1.807, 2.05) is 0 Å². The van der Waals surface area contributed by atoms with E-state index in [1.54, 1.807) is 6.92 Å². The third-order valence-electron chi connectivity index (χ3n) is 1.44. The lowest BCUT2D eigenvalue weighted by Crippen LogP contribution is -2.08. The average molecular weight is 209 g/mol. The zero-order valence-electron chi connectivity index (χ0n) is 6.14. The Morgan fingerprint density at radius 3 is 2.60 bits per heavy atom. The van der Waals surface area contributed by atoms with Gasteiger partial charge in [-0.05, 0) is 12.8 Å². The minimum absolute atomic E-state index is 0.181. The summed E-state index contributed by atoms with van der Waals surface area (Å²) < 4.78 is 0. The van der Waals surface area contributed by atoms with Crippen LogP contribution >= 0.6 is 15.9 Å². The summed E-state index contributed by atoms with van der Waals surface area (Å²) in [6.45, 7) is 1.75. The highest BCUT2D eigenvalue weighted by Gasteiger charge is 2.08. The van der Waals surface area contributed by atoms with Crippen LogP contribution in [0.1, 0.15) is 26.2 Å².